The van der Waals surface area contributed by atoms with E-state index >= 15 is 0 Å². The van der Waals surface area contributed by atoms with Gasteiger partial charge in [0.15, 0.2) is 11.5 Å². The highest BCUT2D eigenvalue weighted by atomic mass is 32.1. The van der Waals surface area contributed by atoms with E-state index in [-0.39, 0.29) is 5.56 Å². The van der Waals surface area contributed by atoms with E-state index in [2.05, 4.69) is 10.1 Å². The van der Waals surface area contributed by atoms with Gasteiger partial charge < -0.3 is 9.47 Å². The molecule has 0 unspecified atom stereocenters. The number of aromatic nitrogens is 3. The number of ether oxygens (including phenoxy) is 2. The molecule has 0 spiro atoms. The molecule has 0 bridgehead atoms. The highest BCUT2D eigenvalue weighted by Crippen LogP contribution is 2.32. The molecule has 3 rings (SSSR count). The van der Waals surface area contributed by atoms with E-state index in [0.29, 0.717) is 28.8 Å². The summed E-state index contributed by atoms with van der Waals surface area (Å²) in [6.07, 6.45) is 3.62. The van der Waals surface area contributed by atoms with Crippen molar-refractivity contribution in [1.29, 1.82) is 0 Å². The van der Waals surface area contributed by atoms with E-state index in [1.807, 2.05) is 31.2 Å². The highest BCUT2D eigenvalue weighted by molar-refractivity contribution is 7.14. The molecule has 0 N–H and O–H groups in total. The minimum Gasteiger partial charge on any atom is -0.492 e. The molecular formula is C16H15N3O3S. The second kappa shape index (κ2) is 6.62. The second-order valence-corrected chi connectivity index (χ2v) is 5.41. The Balaban J connectivity index is 1.98. The van der Waals surface area contributed by atoms with Crippen molar-refractivity contribution in [1.82, 2.24) is 14.6 Å². The third-order valence-electron chi connectivity index (χ3n) is 3.15. The Kier molecular flexibility index (Phi) is 4.38. The van der Waals surface area contributed by atoms with Crippen LogP contribution < -0.4 is 15.0 Å². The topological polar surface area (TPSA) is 65.7 Å². The molecule has 0 aliphatic rings. The third kappa shape index (κ3) is 3.09. The molecule has 118 valence electrons. The van der Waals surface area contributed by atoms with Crippen LogP contribution in [0.15, 0.2) is 34.6 Å². The number of hydrogen-bond acceptors (Lipinski definition) is 6. The van der Waals surface area contributed by atoms with Gasteiger partial charge in [-0.05, 0) is 25.1 Å². The van der Waals surface area contributed by atoms with Gasteiger partial charge in [0.05, 0.1) is 19.4 Å². The lowest BCUT2D eigenvalue weighted by Gasteiger charge is -2.11. The Morgan fingerprint density at radius 1 is 1.35 bits per heavy atom. The second-order valence-electron chi connectivity index (χ2n) is 4.60. The van der Waals surface area contributed by atoms with Crippen LogP contribution in [0, 0.1) is 0 Å². The first-order valence-corrected chi connectivity index (χ1v) is 7.92. The molecule has 0 fully saturated rings. The number of fused-ring (bicyclic) bond motifs is 1. The molecule has 0 radical (unpaired) electrons. The van der Waals surface area contributed by atoms with Crippen molar-refractivity contribution in [3.63, 3.8) is 0 Å². The van der Waals surface area contributed by atoms with Crippen LogP contribution in [-0.4, -0.2) is 28.3 Å². The van der Waals surface area contributed by atoms with Gasteiger partial charge in [0.1, 0.15) is 5.51 Å². The van der Waals surface area contributed by atoms with Gasteiger partial charge in [0, 0.05) is 11.6 Å². The molecule has 0 saturated heterocycles. The number of rotatable bonds is 5. The van der Waals surface area contributed by atoms with Crippen LogP contribution in [0.25, 0.3) is 17.1 Å². The first kappa shape index (κ1) is 15.2. The number of hydrogen-bond donors (Lipinski definition) is 0. The number of para-hydroxylation sites is 1. The highest BCUT2D eigenvalue weighted by Gasteiger charge is 2.08. The molecule has 0 atom stereocenters. The van der Waals surface area contributed by atoms with Gasteiger partial charge in [-0.3, -0.25) is 4.79 Å². The average Bonchev–Trinajstić information content (AvgIpc) is 3.02. The molecular weight excluding hydrogens is 314 g/mol. The van der Waals surface area contributed by atoms with Crippen molar-refractivity contribution >= 4 is 28.4 Å². The maximum atomic E-state index is 11.9. The van der Waals surface area contributed by atoms with E-state index < -0.39 is 0 Å². The fraction of sp³-hybridized carbons (Fsp3) is 0.188. The van der Waals surface area contributed by atoms with Gasteiger partial charge in [-0.25, -0.2) is 4.98 Å². The molecule has 6 nitrogen and oxygen atoms in total. The maximum absolute atomic E-state index is 11.9. The number of benzene rings is 1. The van der Waals surface area contributed by atoms with Crippen LogP contribution in [-0.2, 0) is 0 Å². The van der Waals surface area contributed by atoms with Crippen molar-refractivity contribution in [2.45, 2.75) is 6.92 Å². The van der Waals surface area contributed by atoms with E-state index in [1.54, 1.807) is 18.7 Å². The van der Waals surface area contributed by atoms with Crippen LogP contribution in [0.3, 0.4) is 0 Å². The van der Waals surface area contributed by atoms with Gasteiger partial charge in [-0.2, -0.15) is 9.61 Å². The van der Waals surface area contributed by atoms with Crippen molar-refractivity contribution in [2.24, 2.45) is 0 Å². The zero-order chi connectivity index (χ0) is 16.2. The Morgan fingerprint density at radius 2 is 2.22 bits per heavy atom. The summed E-state index contributed by atoms with van der Waals surface area (Å²) in [5.41, 5.74) is 2.81. The summed E-state index contributed by atoms with van der Waals surface area (Å²) in [4.78, 5) is 16.9. The van der Waals surface area contributed by atoms with Gasteiger partial charge >= 0.3 is 0 Å². The molecule has 7 heteroatoms. The Labute approximate surface area is 136 Å². The van der Waals surface area contributed by atoms with Crippen molar-refractivity contribution in [2.75, 3.05) is 13.7 Å². The predicted molar refractivity (Wildman–Crippen MR) is 90.2 cm³/mol. The fourth-order valence-electron chi connectivity index (χ4n) is 2.18. The predicted octanol–water partition coefficient (Wildman–Crippen LogP) is 2.73. The first-order valence-electron chi connectivity index (χ1n) is 7.04. The van der Waals surface area contributed by atoms with Gasteiger partial charge in [0.25, 0.3) is 5.56 Å². The Bertz CT molecular complexity index is 914. The van der Waals surface area contributed by atoms with Gasteiger partial charge in [-0.15, -0.1) is 0 Å². The van der Waals surface area contributed by atoms with E-state index in [4.69, 9.17) is 9.47 Å². The summed E-state index contributed by atoms with van der Waals surface area (Å²) in [6.45, 7) is 2.48. The van der Waals surface area contributed by atoms with Crippen LogP contribution in [0.1, 0.15) is 18.2 Å². The van der Waals surface area contributed by atoms with Crippen LogP contribution >= 0.6 is 11.3 Å². The van der Waals surface area contributed by atoms with Gasteiger partial charge in [-0.1, -0.05) is 23.5 Å². The fourth-order valence-corrected chi connectivity index (χ4v) is 2.82. The van der Waals surface area contributed by atoms with E-state index in [0.717, 1.165) is 5.56 Å². The van der Waals surface area contributed by atoms with Crippen molar-refractivity contribution in [3.05, 3.63) is 51.4 Å². The minimum atomic E-state index is -0.203. The molecule has 2 aromatic heterocycles. The lowest BCUT2D eigenvalue weighted by atomic mass is 10.1. The number of methoxy groups -OCH3 is 1. The number of nitrogens with zero attached hydrogens (tertiary/aromatic N) is 3. The quantitative estimate of drug-likeness (QED) is 0.720. The lowest BCUT2D eigenvalue weighted by Crippen LogP contribution is -2.13. The monoisotopic (exact) mass is 329 g/mol. The average molecular weight is 329 g/mol. The van der Waals surface area contributed by atoms with Gasteiger partial charge in [0.2, 0.25) is 4.96 Å². The summed E-state index contributed by atoms with van der Waals surface area (Å²) in [5, 5.41) is 3.94. The molecule has 0 amide bonds. The lowest BCUT2D eigenvalue weighted by molar-refractivity contribution is 0.310. The van der Waals surface area contributed by atoms with Crippen LogP contribution in [0.2, 0.25) is 0 Å². The summed E-state index contributed by atoms with van der Waals surface area (Å²) < 4.78 is 12.3. The van der Waals surface area contributed by atoms with Crippen molar-refractivity contribution < 1.29 is 9.47 Å². The summed E-state index contributed by atoms with van der Waals surface area (Å²) in [6, 6.07) is 7.10. The molecule has 0 saturated carbocycles. The summed E-state index contributed by atoms with van der Waals surface area (Å²) in [7, 11) is 1.60. The van der Waals surface area contributed by atoms with Crippen LogP contribution in [0.4, 0.5) is 0 Å². The van der Waals surface area contributed by atoms with Crippen LogP contribution in [0.5, 0.6) is 11.5 Å². The molecule has 3 aromatic rings. The summed E-state index contributed by atoms with van der Waals surface area (Å²) in [5.74, 6) is 1.34. The smallest absolute Gasteiger partial charge is 0.275 e. The normalized spacial score (nSPS) is 11.2. The minimum absolute atomic E-state index is 0.203. The zero-order valence-corrected chi connectivity index (χ0v) is 13.5. The van der Waals surface area contributed by atoms with E-state index in [9.17, 15) is 4.79 Å². The summed E-state index contributed by atoms with van der Waals surface area (Å²) >= 11 is 1.32. The molecule has 1 aromatic carbocycles. The SMILES string of the molecule is CCOc1cccc(C=Cc2cc(=O)n3ncsc3n2)c1OC. The molecule has 2 heterocycles. The standard InChI is InChI=1S/C16H15N3O3S/c1-3-22-13-6-4-5-11(15(13)21-2)7-8-12-9-14(20)19-16(18-12)23-10-17-19/h4-10H,3H2,1-2H3. The zero-order valence-electron chi connectivity index (χ0n) is 12.7. The Hall–Kier alpha value is -2.67. The van der Waals surface area contributed by atoms with E-state index in [1.165, 1.54) is 21.9 Å². The molecule has 0 aliphatic heterocycles. The Morgan fingerprint density at radius 3 is 3.00 bits per heavy atom. The largest absolute Gasteiger partial charge is 0.492 e. The molecule has 0 aliphatic carbocycles. The third-order valence-corrected chi connectivity index (χ3v) is 3.83. The molecule has 23 heavy (non-hydrogen) atoms. The van der Waals surface area contributed by atoms with Crippen molar-refractivity contribution in [3.8, 4) is 11.5 Å². The maximum Gasteiger partial charge on any atom is 0.275 e. The first-order chi connectivity index (χ1) is 11.2.